The third-order valence-electron chi connectivity index (χ3n) is 3.55. The molecule has 0 N–H and O–H groups in total. The number of hydrogen-bond donors (Lipinski definition) is 0. The van der Waals surface area contributed by atoms with Crippen molar-refractivity contribution in [3.63, 3.8) is 0 Å². The number of rotatable bonds is 0. The molecule has 4 bridgehead atoms. The minimum atomic E-state index is 0.112. The summed E-state index contributed by atoms with van der Waals surface area (Å²) in [5.74, 6) is 0. The molecule has 4 aliphatic rings. The normalized spacial score (nSPS) is 15.9. The highest BCUT2D eigenvalue weighted by Gasteiger charge is 2.24. The lowest BCUT2D eigenvalue weighted by molar-refractivity contribution is 0.642. The zero-order chi connectivity index (χ0) is 10.5. The lowest BCUT2D eigenvalue weighted by atomic mass is 9.79. The van der Waals surface area contributed by atoms with E-state index in [1.54, 1.807) is 0 Å². The molecule has 0 amide bonds. The lowest BCUT2D eigenvalue weighted by Gasteiger charge is -2.25. The van der Waals surface area contributed by atoms with Gasteiger partial charge in [-0.3, -0.25) is 0 Å². The van der Waals surface area contributed by atoms with Crippen molar-refractivity contribution in [3.8, 4) is 11.1 Å². The Bertz CT molecular complexity index is 439. The zero-order valence-electron chi connectivity index (χ0n) is 9.12. The first-order valence-corrected chi connectivity index (χ1v) is 5.39. The predicted molar refractivity (Wildman–Crippen MR) is 64.0 cm³/mol. The van der Waals surface area contributed by atoms with Crippen LogP contribution in [0.15, 0.2) is 48.5 Å². The largest absolute Gasteiger partial charge is 0.0575 e. The van der Waals surface area contributed by atoms with Gasteiger partial charge in [-0.1, -0.05) is 62.4 Å². The molecule has 0 heterocycles. The predicted octanol–water partition coefficient (Wildman–Crippen LogP) is 3.99. The summed E-state index contributed by atoms with van der Waals surface area (Å²) >= 11 is 0. The maximum atomic E-state index is 2.28. The molecule has 0 saturated carbocycles. The van der Waals surface area contributed by atoms with Crippen LogP contribution in [0.5, 0.6) is 0 Å². The first kappa shape index (κ1) is 8.72. The van der Waals surface area contributed by atoms with Gasteiger partial charge in [0.1, 0.15) is 0 Å². The van der Waals surface area contributed by atoms with Crippen LogP contribution in [0.2, 0.25) is 0 Å². The van der Waals surface area contributed by atoms with Crippen LogP contribution in [-0.2, 0) is 5.41 Å². The van der Waals surface area contributed by atoms with Crippen LogP contribution in [0.1, 0.15) is 25.0 Å². The van der Waals surface area contributed by atoms with Crippen LogP contribution < -0.4 is 0 Å². The molecule has 2 aromatic carbocycles. The summed E-state index contributed by atoms with van der Waals surface area (Å²) < 4.78 is 0. The fourth-order valence-corrected chi connectivity index (χ4v) is 2.33. The molecule has 0 nitrogen and oxygen atoms in total. The third kappa shape index (κ3) is 1.14. The summed E-state index contributed by atoms with van der Waals surface area (Å²) in [7, 11) is 0. The molecule has 6 rings (SSSR count). The van der Waals surface area contributed by atoms with Crippen LogP contribution >= 0.6 is 0 Å². The van der Waals surface area contributed by atoms with Crippen LogP contribution in [0, 0.1) is 0 Å². The van der Waals surface area contributed by atoms with Crippen molar-refractivity contribution < 1.29 is 0 Å². The Hall–Kier alpha value is -1.56. The second kappa shape index (κ2) is 2.73. The van der Waals surface area contributed by atoms with Gasteiger partial charge < -0.3 is 0 Å². The van der Waals surface area contributed by atoms with Gasteiger partial charge in [0.25, 0.3) is 0 Å². The summed E-state index contributed by atoms with van der Waals surface area (Å²) in [5, 5.41) is 0. The van der Waals surface area contributed by atoms with Gasteiger partial charge in [-0.05, 0) is 22.3 Å². The standard InChI is InChI=1S/C15H14/c1-15(2)13-7-3-11(4-8-13)12-5-9-14(15)10-6-12/h3-10H,1-2H3. The average molecular weight is 194 g/mol. The summed E-state index contributed by atoms with van der Waals surface area (Å²) in [6, 6.07) is 17.9. The molecule has 2 aromatic rings. The van der Waals surface area contributed by atoms with Gasteiger partial charge in [0, 0.05) is 5.41 Å². The van der Waals surface area contributed by atoms with E-state index in [0.29, 0.717) is 0 Å². The molecule has 74 valence electrons. The second-order valence-electron chi connectivity index (χ2n) is 4.78. The van der Waals surface area contributed by atoms with Crippen molar-refractivity contribution >= 4 is 0 Å². The van der Waals surface area contributed by atoms with Crippen molar-refractivity contribution in [2.75, 3.05) is 0 Å². The highest BCUT2D eigenvalue weighted by atomic mass is 14.3. The Balaban J connectivity index is 2.43. The second-order valence-corrected chi connectivity index (χ2v) is 4.78. The van der Waals surface area contributed by atoms with E-state index in [0.717, 1.165) is 0 Å². The SMILES string of the molecule is CC1(C)c2ccc(cc2)-c2ccc1cc2. The topological polar surface area (TPSA) is 0 Å². The number of benzene rings is 2. The smallest absolute Gasteiger partial charge is 0.0146 e. The van der Waals surface area contributed by atoms with Gasteiger partial charge in [-0.15, -0.1) is 0 Å². The van der Waals surface area contributed by atoms with E-state index in [4.69, 9.17) is 0 Å². The fourth-order valence-electron chi connectivity index (χ4n) is 2.33. The molecule has 0 spiro atoms. The molecule has 0 heteroatoms. The molecule has 0 atom stereocenters. The highest BCUT2D eigenvalue weighted by Crippen LogP contribution is 2.35. The van der Waals surface area contributed by atoms with Gasteiger partial charge in [-0.2, -0.15) is 0 Å². The van der Waals surface area contributed by atoms with Crippen molar-refractivity contribution in [1.82, 2.24) is 0 Å². The minimum absolute atomic E-state index is 0.112. The van der Waals surface area contributed by atoms with Crippen molar-refractivity contribution in [2.24, 2.45) is 0 Å². The van der Waals surface area contributed by atoms with Crippen molar-refractivity contribution in [1.29, 1.82) is 0 Å². The first-order chi connectivity index (χ1) is 7.18. The minimum Gasteiger partial charge on any atom is -0.0575 e. The molecule has 0 fully saturated rings. The van der Waals surface area contributed by atoms with Crippen LogP contribution in [0.4, 0.5) is 0 Å². The van der Waals surface area contributed by atoms with E-state index in [1.807, 2.05) is 0 Å². The Labute approximate surface area is 90.6 Å². The lowest BCUT2D eigenvalue weighted by Crippen LogP contribution is -2.17. The Morgan fingerprint density at radius 2 is 0.933 bits per heavy atom. The molecule has 0 unspecified atom stereocenters. The monoisotopic (exact) mass is 194 g/mol. The number of hydrogen-bond acceptors (Lipinski definition) is 0. The summed E-state index contributed by atoms with van der Waals surface area (Å²) in [6.07, 6.45) is 0. The van der Waals surface area contributed by atoms with Crippen LogP contribution in [-0.4, -0.2) is 0 Å². The molecule has 4 aliphatic carbocycles. The van der Waals surface area contributed by atoms with Crippen LogP contribution in [0.25, 0.3) is 11.1 Å². The molecule has 0 aliphatic heterocycles. The van der Waals surface area contributed by atoms with E-state index < -0.39 is 0 Å². The molecule has 15 heavy (non-hydrogen) atoms. The Kier molecular flexibility index (Phi) is 1.59. The van der Waals surface area contributed by atoms with E-state index in [9.17, 15) is 0 Å². The van der Waals surface area contributed by atoms with Gasteiger partial charge in [0.2, 0.25) is 0 Å². The van der Waals surface area contributed by atoms with Crippen molar-refractivity contribution in [2.45, 2.75) is 19.3 Å². The maximum Gasteiger partial charge on any atom is 0.0146 e. The summed E-state index contributed by atoms with van der Waals surface area (Å²) in [6.45, 7) is 4.56. The van der Waals surface area contributed by atoms with Crippen molar-refractivity contribution in [3.05, 3.63) is 59.7 Å². The quantitative estimate of drug-likeness (QED) is 0.594. The zero-order valence-corrected chi connectivity index (χ0v) is 9.12. The van der Waals surface area contributed by atoms with Gasteiger partial charge in [-0.25, -0.2) is 0 Å². The molecular weight excluding hydrogens is 180 g/mol. The fraction of sp³-hybridized carbons (Fsp3) is 0.200. The third-order valence-corrected chi connectivity index (χ3v) is 3.55. The van der Waals surface area contributed by atoms with E-state index in [-0.39, 0.29) is 5.41 Å². The van der Waals surface area contributed by atoms with E-state index >= 15 is 0 Å². The summed E-state index contributed by atoms with van der Waals surface area (Å²) in [4.78, 5) is 0. The molecule has 0 saturated heterocycles. The highest BCUT2D eigenvalue weighted by molar-refractivity contribution is 5.66. The molecular formula is C15H14. The van der Waals surface area contributed by atoms with Gasteiger partial charge >= 0.3 is 0 Å². The summed E-state index contributed by atoms with van der Waals surface area (Å²) in [5.41, 5.74) is 5.50. The van der Waals surface area contributed by atoms with E-state index in [1.165, 1.54) is 22.3 Å². The Morgan fingerprint density at radius 3 is 1.27 bits per heavy atom. The molecule has 0 radical (unpaired) electrons. The maximum absolute atomic E-state index is 2.28. The van der Waals surface area contributed by atoms with Gasteiger partial charge in [0.15, 0.2) is 0 Å². The van der Waals surface area contributed by atoms with Gasteiger partial charge in [0.05, 0.1) is 0 Å². The Morgan fingerprint density at radius 1 is 0.600 bits per heavy atom. The molecule has 0 aromatic heterocycles. The van der Waals surface area contributed by atoms with Crippen LogP contribution in [0.3, 0.4) is 0 Å². The van der Waals surface area contributed by atoms with E-state index in [2.05, 4.69) is 62.4 Å². The average Bonchev–Trinajstić information content (AvgIpc) is 2.40. The first-order valence-electron chi connectivity index (χ1n) is 5.39.